The van der Waals surface area contributed by atoms with Crippen molar-refractivity contribution in [2.45, 2.75) is 12.8 Å². The molecule has 4 aromatic heterocycles. The minimum absolute atomic E-state index is 0.400. The van der Waals surface area contributed by atoms with Crippen LogP contribution >= 0.6 is 0 Å². The normalized spacial score (nSPS) is 13.8. The average molecular weight is 607 g/mol. The Balaban J connectivity index is 1.17. The Kier molecular flexibility index (Phi) is 8.10. The second-order valence-corrected chi connectivity index (χ2v) is 11.6. The van der Waals surface area contributed by atoms with E-state index in [0.29, 0.717) is 47.3 Å². The number of nitrogens with zero attached hydrogens (tertiary/aromatic N) is 6. The number of ether oxygens (including phenoxy) is 2. The number of likely N-dealkylation sites (tertiary alicyclic amines) is 1. The van der Waals surface area contributed by atoms with Gasteiger partial charge in [-0.2, -0.15) is 5.10 Å². The van der Waals surface area contributed by atoms with Gasteiger partial charge in [0.15, 0.2) is 5.82 Å². The molecule has 0 bridgehead atoms. The van der Waals surface area contributed by atoms with Crippen LogP contribution in [0.5, 0.6) is 11.5 Å². The number of imidazole rings is 1. The first-order valence-electron chi connectivity index (χ1n) is 15.2. The molecular weight excluding hydrogens is 571 g/mol. The van der Waals surface area contributed by atoms with Crippen LogP contribution in [0.3, 0.4) is 0 Å². The molecule has 11 heteroatoms. The Morgan fingerprint density at radius 1 is 0.867 bits per heavy atom. The maximum Gasteiger partial charge on any atom is 0.159 e. The van der Waals surface area contributed by atoms with E-state index < -0.39 is 5.82 Å². The second kappa shape index (κ2) is 12.6. The third-order valence-corrected chi connectivity index (χ3v) is 8.06. The van der Waals surface area contributed by atoms with E-state index in [0.717, 1.165) is 59.5 Å². The van der Waals surface area contributed by atoms with Gasteiger partial charge in [-0.3, -0.25) is 20.0 Å². The predicted octanol–water partition coefficient (Wildman–Crippen LogP) is 5.78. The van der Waals surface area contributed by atoms with E-state index in [9.17, 15) is 4.39 Å². The monoisotopic (exact) mass is 606 g/mol. The van der Waals surface area contributed by atoms with Crippen LogP contribution < -0.4 is 9.47 Å². The van der Waals surface area contributed by atoms with Crippen LogP contribution in [0.2, 0.25) is 0 Å². The molecule has 230 valence electrons. The maximum absolute atomic E-state index is 14.7. The summed E-state index contributed by atoms with van der Waals surface area (Å²) in [5, 5.41) is 8.63. The molecular formula is C34H35FN8O2. The van der Waals surface area contributed by atoms with Crippen molar-refractivity contribution in [3.05, 3.63) is 72.9 Å². The number of hydrogen-bond donors (Lipinski definition) is 2. The molecule has 1 aliphatic heterocycles. The minimum atomic E-state index is -0.400. The molecule has 0 radical (unpaired) electrons. The standard InChI is InChI=1S/C34H35FN8O2/c1-42(2)11-13-44-26-16-23(15-25(35)19-26)31-33-30(7-8-37-31)38-34(39-33)32-28-18-22(5-6-29(28)40-41-32)24-17-27(21-36-20-24)45-14-12-43-9-3-4-10-43/h5-8,15-21H,3-4,9-14H2,1-2H3,(H,38,39)(H,40,41). The Morgan fingerprint density at radius 3 is 2.58 bits per heavy atom. The van der Waals surface area contributed by atoms with Crippen LogP contribution in [0.4, 0.5) is 4.39 Å². The number of fused-ring (bicyclic) bond motifs is 2. The lowest BCUT2D eigenvalue weighted by molar-refractivity contribution is 0.237. The zero-order chi connectivity index (χ0) is 30.8. The minimum Gasteiger partial charge on any atom is -0.492 e. The van der Waals surface area contributed by atoms with Crippen LogP contribution in [0.1, 0.15) is 12.8 Å². The summed E-state index contributed by atoms with van der Waals surface area (Å²) in [5.41, 5.74) is 6.02. The van der Waals surface area contributed by atoms with Gasteiger partial charge < -0.3 is 19.4 Å². The number of hydrogen-bond acceptors (Lipinski definition) is 8. The summed E-state index contributed by atoms with van der Waals surface area (Å²) in [6.45, 7) is 5.02. The molecule has 0 spiro atoms. The molecule has 45 heavy (non-hydrogen) atoms. The zero-order valence-corrected chi connectivity index (χ0v) is 25.4. The predicted molar refractivity (Wildman–Crippen MR) is 173 cm³/mol. The largest absolute Gasteiger partial charge is 0.492 e. The lowest BCUT2D eigenvalue weighted by Crippen LogP contribution is -2.25. The van der Waals surface area contributed by atoms with Gasteiger partial charge in [0.1, 0.15) is 41.7 Å². The van der Waals surface area contributed by atoms with Gasteiger partial charge in [-0.1, -0.05) is 6.07 Å². The highest BCUT2D eigenvalue weighted by molar-refractivity contribution is 5.97. The number of likely N-dealkylation sites (N-methyl/N-ethyl adjacent to an activating group) is 1. The van der Waals surface area contributed by atoms with Crippen molar-refractivity contribution < 1.29 is 13.9 Å². The topological polar surface area (TPSA) is 108 Å². The van der Waals surface area contributed by atoms with Gasteiger partial charge in [0, 0.05) is 48.1 Å². The van der Waals surface area contributed by atoms with Crippen molar-refractivity contribution in [3.63, 3.8) is 0 Å². The molecule has 1 saturated heterocycles. The highest BCUT2D eigenvalue weighted by Gasteiger charge is 2.18. The van der Waals surface area contributed by atoms with Crippen LogP contribution in [0.25, 0.3) is 55.8 Å². The van der Waals surface area contributed by atoms with E-state index >= 15 is 0 Å². The van der Waals surface area contributed by atoms with Gasteiger partial charge >= 0.3 is 0 Å². The molecule has 0 amide bonds. The van der Waals surface area contributed by atoms with Crippen molar-refractivity contribution in [1.82, 2.24) is 39.9 Å². The molecule has 6 aromatic rings. The van der Waals surface area contributed by atoms with Gasteiger partial charge in [0.25, 0.3) is 0 Å². The molecule has 2 N–H and O–H groups in total. The summed E-state index contributed by atoms with van der Waals surface area (Å²) >= 11 is 0. The number of aromatic amines is 2. The number of H-pyrrole nitrogens is 2. The summed E-state index contributed by atoms with van der Waals surface area (Å²) < 4.78 is 26.5. The first kappa shape index (κ1) is 28.9. The highest BCUT2D eigenvalue weighted by atomic mass is 19.1. The van der Waals surface area contributed by atoms with Gasteiger partial charge in [0.05, 0.1) is 22.9 Å². The smallest absolute Gasteiger partial charge is 0.159 e. The van der Waals surface area contributed by atoms with Crippen LogP contribution in [-0.2, 0) is 0 Å². The molecule has 1 fully saturated rings. The Hall–Kier alpha value is -4.87. The molecule has 0 atom stereocenters. The van der Waals surface area contributed by atoms with E-state index in [4.69, 9.17) is 14.5 Å². The van der Waals surface area contributed by atoms with Crippen molar-refractivity contribution in [2.24, 2.45) is 0 Å². The van der Waals surface area contributed by atoms with Crippen molar-refractivity contribution in [3.8, 4) is 45.4 Å². The molecule has 7 rings (SSSR count). The molecule has 5 heterocycles. The Bertz CT molecular complexity index is 1950. The molecule has 0 unspecified atom stereocenters. The Morgan fingerprint density at radius 2 is 1.71 bits per heavy atom. The third-order valence-electron chi connectivity index (χ3n) is 8.06. The van der Waals surface area contributed by atoms with Crippen LogP contribution in [0.15, 0.2) is 67.1 Å². The number of benzene rings is 2. The van der Waals surface area contributed by atoms with E-state index in [1.54, 1.807) is 18.5 Å². The second-order valence-electron chi connectivity index (χ2n) is 11.6. The lowest BCUT2D eigenvalue weighted by atomic mass is 10.0. The van der Waals surface area contributed by atoms with Crippen molar-refractivity contribution in [2.75, 3.05) is 53.5 Å². The first-order chi connectivity index (χ1) is 22.0. The molecule has 0 aliphatic carbocycles. The van der Waals surface area contributed by atoms with Crippen molar-refractivity contribution >= 4 is 21.9 Å². The van der Waals surface area contributed by atoms with Gasteiger partial charge in [-0.25, -0.2) is 9.37 Å². The SMILES string of the molecule is CN(C)CCOc1cc(F)cc(-c2nccc3[nH]c(-c4n[nH]c5ccc(-c6cncc(OCCN7CCCC7)c6)cc45)nc23)c1. The van der Waals surface area contributed by atoms with Crippen LogP contribution in [-0.4, -0.2) is 93.4 Å². The quantitative estimate of drug-likeness (QED) is 0.191. The number of aromatic nitrogens is 6. The fourth-order valence-corrected chi connectivity index (χ4v) is 5.72. The number of halogens is 1. The van der Waals surface area contributed by atoms with Crippen molar-refractivity contribution in [1.29, 1.82) is 0 Å². The summed E-state index contributed by atoms with van der Waals surface area (Å²) in [7, 11) is 3.93. The molecule has 0 saturated carbocycles. The zero-order valence-electron chi connectivity index (χ0n) is 25.4. The van der Waals surface area contributed by atoms with E-state index in [1.165, 1.54) is 25.0 Å². The van der Waals surface area contributed by atoms with E-state index in [1.807, 2.05) is 49.5 Å². The van der Waals surface area contributed by atoms with Gasteiger partial charge in [-0.05, 0) is 82.0 Å². The van der Waals surface area contributed by atoms with Gasteiger partial charge in [-0.15, -0.1) is 0 Å². The van der Waals surface area contributed by atoms with Gasteiger partial charge in [0.2, 0.25) is 0 Å². The van der Waals surface area contributed by atoms with E-state index in [-0.39, 0.29) is 0 Å². The first-order valence-corrected chi connectivity index (χ1v) is 15.2. The third kappa shape index (κ3) is 6.36. The highest BCUT2D eigenvalue weighted by Crippen LogP contribution is 2.34. The fourth-order valence-electron chi connectivity index (χ4n) is 5.72. The average Bonchev–Trinajstić information content (AvgIpc) is 3.80. The Labute approximate surface area is 260 Å². The summed E-state index contributed by atoms with van der Waals surface area (Å²) in [4.78, 5) is 21.7. The molecule has 1 aliphatic rings. The van der Waals surface area contributed by atoms with E-state index in [2.05, 4.69) is 36.1 Å². The number of rotatable bonds is 11. The lowest BCUT2D eigenvalue weighted by Gasteiger charge is -2.15. The number of pyridine rings is 2. The summed E-state index contributed by atoms with van der Waals surface area (Å²) in [5.74, 6) is 1.38. The maximum atomic E-state index is 14.7. The van der Waals surface area contributed by atoms with Crippen LogP contribution in [0, 0.1) is 5.82 Å². The molecule has 2 aromatic carbocycles. The fraction of sp³-hybridized carbons (Fsp3) is 0.294. The summed E-state index contributed by atoms with van der Waals surface area (Å²) in [6, 6.07) is 14.6. The summed E-state index contributed by atoms with van der Waals surface area (Å²) in [6.07, 6.45) is 7.81. The number of nitrogens with one attached hydrogen (secondary N) is 2. The molecule has 10 nitrogen and oxygen atoms in total.